The summed E-state index contributed by atoms with van der Waals surface area (Å²) in [6, 6.07) is 9.37. The quantitative estimate of drug-likeness (QED) is 0.630. The first-order valence-electron chi connectivity index (χ1n) is 9.50. The van der Waals surface area contributed by atoms with Crippen molar-refractivity contribution in [3.63, 3.8) is 0 Å². The number of carbonyl (C=O) groups excluding carboxylic acids is 1. The topological polar surface area (TPSA) is 49.0 Å². The molecule has 4 nitrogen and oxygen atoms in total. The van der Waals surface area contributed by atoms with Crippen LogP contribution in [0.1, 0.15) is 39.7 Å². The second kappa shape index (κ2) is 7.93. The smallest absolute Gasteiger partial charge is 0.351 e. The number of nitrogens with zero attached hydrogens (tertiary/aromatic N) is 2. The van der Waals surface area contributed by atoms with E-state index >= 15 is 4.39 Å². The zero-order valence-corrected chi connectivity index (χ0v) is 15.9. The Morgan fingerprint density at radius 2 is 1.93 bits per heavy atom. The Balaban J connectivity index is 1.53. The average molecular weight is 417 g/mol. The molecule has 2 heterocycles. The highest BCUT2D eigenvalue weighted by molar-refractivity contribution is 5.78. The fourth-order valence-electron chi connectivity index (χ4n) is 3.76. The van der Waals surface area contributed by atoms with Crippen LogP contribution in [-0.4, -0.2) is 27.3 Å². The highest BCUT2D eigenvalue weighted by atomic mass is 19.4. The summed E-state index contributed by atoms with van der Waals surface area (Å²) >= 11 is 0. The minimum atomic E-state index is -4.46. The van der Waals surface area contributed by atoms with Crippen molar-refractivity contribution in [1.82, 2.24) is 14.9 Å². The number of alkyl halides is 4. The Bertz CT molecular complexity index is 1030. The lowest BCUT2D eigenvalue weighted by atomic mass is 9.89. The zero-order valence-electron chi connectivity index (χ0n) is 15.9. The van der Waals surface area contributed by atoms with Crippen LogP contribution in [0, 0.1) is 0 Å². The molecule has 0 fully saturated rings. The zero-order chi connectivity index (χ0) is 21.3. The third-order valence-electron chi connectivity index (χ3n) is 5.35. The molecule has 0 saturated heterocycles. The van der Waals surface area contributed by atoms with Crippen molar-refractivity contribution in [1.29, 1.82) is 0 Å². The summed E-state index contributed by atoms with van der Waals surface area (Å²) < 4.78 is 53.5. The molecule has 30 heavy (non-hydrogen) atoms. The van der Waals surface area contributed by atoms with Gasteiger partial charge in [0.25, 0.3) is 0 Å². The third kappa shape index (κ3) is 4.08. The van der Waals surface area contributed by atoms with Gasteiger partial charge in [-0.1, -0.05) is 30.3 Å². The molecule has 1 unspecified atom stereocenters. The lowest BCUT2D eigenvalue weighted by Crippen LogP contribution is -2.37. The van der Waals surface area contributed by atoms with Crippen LogP contribution in [0.15, 0.2) is 55.0 Å². The predicted octanol–water partition coefficient (Wildman–Crippen LogP) is 4.61. The molecule has 156 valence electrons. The normalized spacial score (nSPS) is 15.0. The van der Waals surface area contributed by atoms with Crippen molar-refractivity contribution in [3.05, 3.63) is 88.5 Å². The maximum Gasteiger partial charge on any atom is 0.416 e. The van der Waals surface area contributed by atoms with E-state index in [0.29, 0.717) is 30.8 Å². The summed E-state index contributed by atoms with van der Waals surface area (Å²) in [5.41, 5.74) is 2.13. The van der Waals surface area contributed by atoms with Crippen molar-refractivity contribution in [2.24, 2.45) is 0 Å². The molecule has 0 bridgehead atoms. The molecule has 1 aromatic heterocycles. The fourth-order valence-corrected chi connectivity index (χ4v) is 3.76. The van der Waals surface area contributed by atoms with Crippen molar-refractivity contribution >= 4 is 5.91 Å². The van der Waals surface area contributed by atoms with Gasteiger partial charge in [-0.3, -0.25) is 4.79 Å². The number of halogens is 4. The number of hydrogen-bond acceptors (Lipinski definition) is 2. The van der Waals surface area contributed by atoms with Crippen molar-refractivity contribution in [3.8, 4) is 0 Å². The van der Waals surface area contributed by atoms with Gasteiger partial charge in [0.2, 0.25) is 5.91 Å². The number of imidazole rings is 1. The van der Waals surface area contributed by atoms with Crippen LogP contribution < -0.4 is 0 Å². The van der Waals surface area contributed by atoms with Crippen molar-refractivity contribution in [2.75, 3.05) is 6.54 Å². The molecular formula is C22H19F4N3O. The van der Waals surface area contributed by atoms with Gasteiger partial charge in [0.1, 0.15) is 0 Å². The fraction of sp³-hybridized carbons (Fsp3) is 0.273. The number of amides is 1. The first-order chi connectivity index (χ1) is 14.3. The SMILES string of the molecule is O=C(Cc1c[nH]cn1)N1CCc2c(cccc2C(F)c2ccc(C(F)(F)F)cc2)C1. The molecule has 4 rings (SSSR count). The van der Waals surface area contributed by atoms with Gasteiger partial charge in [0, 0.05) is 19.3 Å². The van der Waals surface area contributed by atoms with Gasteiger partial charge in [-0.15, -0.1) is 0 Å². The molecule has 3 aromatic rings. The lowest BCUT2D eigenvalue weighted by Gasteiger charge is -2.31. The van der Waals surface area contributed by atoms with E-state index < -0.39 is 17.9 Å². The number of H-pyrrole nitrogens is 1. The molecule has 0 aliphatic carbocycles. The molecule has 1 aliphatic rings. The van der Waals surface area contributed by atoms with Gasteiger partial charge >= 0.3 is 6.18 Å². The summed E-state index contributed by atoms with van der Waals surface area (Å²) in [6.45, 7) is 0.819. The maximum absolute atomic E-state index is 15.2. The average Bonchev–Trinajstić information content (AvgIpc) is 3.25. The van der Waals surface area contributed by atoms with Crippen LogP contribution in [0.5, 0.6) is 0 Å². The Morgan fingerprint density at radius 3 is 2.60 bits per heavy atom. The molecule has 0 spiro atoms. The van der Waals surface area contributed by atoms with Crippen LogP contribution in [0.3, 0.4) is 0 Å². The number of nitrogens with one attached hydrogen (secondary N) is 1. The number of benzene rings is 2. The maximum atomic E-state index is 15.2. The number of aromatic nitrogens is 2. The summed E-state index contributed by atoms with van der Waals surface area (Å²) in [5.74, 6) is -0.0577. The van der Waals surface area contributed by atoms with Crippen LogP contribution in [0.4, 0.5) is 17.6 Å². The van der Waals surface area contributed by atoms with Crippen LogP contribution >= 0.6 is 0 Å². The van der Waals surface area contributed by atoms with Crippen LogP contribution in [-0.2, 0) is 30.4 Å². The Morgan fingerprint density at radius 1 is 1.17 bits per heavy atom. The molecule has 2 aromatic carbocycles. The second-order valence-electron chi connectivity index (χ2n) is 7.27. The molecule has 0 saturated carbocycles. The van der Waals surface area contributed by atoms with E-state index in [2.05, 4.69) is 9.97 Å². The molecule has 1 amide bonds. The lowest BCUT2D eigenvalue weighted by molar-refractivity contribution is -0.137. The van der Waals surface area contributed by atoms with Gasteiger partial charge in [0.05, 0.1) is 24.0 Å². The largest absolute Gasteiger partial charge is 0.416 e. The third-order valence-corrected chi connectivity index (χ3v) is 5.35. The van der Waals surface area contributed by atoms with E-state index in [1.165, 1.54) is 18.5 Å². The monoisotopic (exact) mass is 417 g/mol. The summed E-state index contributed by atoms with van der Waals surface area (Å²) in [6.07, 6.45) is -2.13. The van der Waals surface area contributed by atoms with Crippen molar-refractivity contribution in [2.45, 2.75) is 31.7 Å². The second-order valence-corrected chi connectivity index (χ2v) is 7.27. The minimum absolute atomic E-state index is 0.0577. The molecule has 0 radical (unpaired) electrons. The molecule has 1 N–H and O–H groups in total. The Hall–Kier alpha value is -3.16. The van der Waals surface area contributed by atoms with E-state index in [9.17, 15) is 18.0 Å². The summed E-state index contributed by atoms with van der Waals surface area (Å²) in [4.78, 5) is 21.1. The van der Waals surface area contributed by atoms with E-state index in [0.717, 1.165) is 23.3 Å². The standard InChI is InChI=1S/C22H19F4N3O/c23-21(14-4-6-16(7-5-14)22(24,25)26)19-3-1-2-15-12-29(9-8-18(15)19)20(30)10-17-11-27-13-28-17/h1-7,11,13,21H,8-10,12H2,(H,27,28). The summed E-state index contributed by atoms with van der Waals surface area (Å²) in [5, 5.41) is 0. The Labute approximate surface area is 170 Å². The molecule has 1 atom stereocenters. The Kier molecular flexibility index (Phi) is 5.32. The first kappa shape index (κ1) is 20.1. The molecular weight excluding hydrogens is 398 g/mol. The highest BCUT2D eigenvalue weighted by Crippen LogP contribution is 2.35. The van der Waals surface area contributed by atoms with Gasteiger partial charge in [-0.2, -0.15) is 13.2 Å². The predicted molar refractivity (Wildman–Crippen MR) is 102 cm³/mol. The number of aromatic amines is 1. The van der Waals surface area contributed by atoms with E-state index in [-0.39, 0.29) is 17.9 Å². The van der Waals surface area contributed by atoms with E-state index in [1.54, 1.807) is 23.2 Å². The number of hydrogen-bond donors (Lipinski definition) is 1. The van der Waals surface area contributed by atoms with E-state index in [1.807, 2.05) is 6.07 Å². The number of carbonyl (C=O) groups is 1. The van der Waals surface area contributed by atoms with Gasteiger partial charge in [-0.05, 0) is 40.8 Å². The molecule has 1 aliphatic heterocycles. The van der Waals surface area contributed by atoms with Crippen LogP contribution in [0.2, 0.25) is 0 Å². The van der Waals surface area contributed by atoms with Crippen molar-refractivity contribution < 1.29 is 22.4 Å². The van der Waals surface area contributed by atoms with Crippen LogP contribution in [0.25, 0.3) is 0 Å². The van der Waals surface area contributed by atoms with Gasteiger partial charge < -0.3 is 9.88 Å². The number of fused-ring (bicyclic) bond motifs is 1. The summed E-state index contributed by atoms with van der Waals surface area (Å²) in [7, 11) is 0. The van der Waals surface area contributed by atoms with E-state index in [4.69, 9.17) is 0 Å². The highest BCUT2D eigenvalue weighted by Gasteiger charge is 2.31. The van der Waals surface area contributed by atoms with Gasteiger partial charge in [-0.25, -0.2) is 9.37 Å². The minimum Gasteiger partial charge on any atom is -0.351 e. The van der Waals surface area contributed by atoms with Gasteiger partial charge in [0.15, 0.2) is 6.17 Å². The first-order valence-corrected chi connectivity index (χ1v) is 9.50. The molecule has 8 heteroatoms. The number of rotatable bonds is 4.